The number of hydrogen-bond donors (Lipinski definition) is 2. The van der Waals surface area contributed by atoms with Crippen molar-refractivity contribution in [2.24, 2.45) is 0 Å². The van der Waals surface area contributed by atoms with E-state index in [1.807, 2.05) is 43.3 Å². The molecule has 1 aromatic heterocycles. The average Bonchev–Trinajstić information content (AvgIpc) is 3.10. The van der Waals surface area contributed by atoms with Crippen molar-refractivity contribution in [3.8, 4) is 11.4 Å². The molecule has 1 unspecified atom stereocenters. The van der Waals surface area contributed by atoms with Gasteiger partial charge in [0.2, 0.25) is 5.95 Å². The highest BCUT2D eigenvalue weighted by molar-refractivity contribution is 5.99. The van der Waals surface area contributed by atoms with Crippen molar-refractivity contribution in [1.82, 2.24) is 15.2 Å². The van der Waals surface area contributed by atoms with Crippen molar-refractivity contribution in [3.63, 3.8) is 0 Å². The zero-order valence-electron chi connectivity index (χ0n) is 14.0. The van der Waals surface area contributed by atoms with E-state index in [4.69, 9.17) is 4.74 Å². The van der Waals surface area contributed by atoms with E-state index < -0.39 is 18.0 Å². The predicted molar refractivity (Wildman–Crippen MR) is 94.5 cm³/mol. The standard InChI is InChI=1S/C19H16N4O3/c1-11-6-8-12(9-7-11)16-20-19(23-22-16)21-17(24)15-10-13-4-2-3-5-14(13)18(25)26-15/h2-9,15H,10H2,1H3,(H2,20,21,22,23,24). The zero-order chi connectivity index (χ0) is 18.1. The third-order valence-electron chi connectivity index (χ3n) is 4.23. The van der Waals surface area contributed by atoms with E-state index in [0.29, 0.717) is 17.8 Å². The van der Waals surface area contributed by atoms with E-state index in [2.05, 4.69) is 20.5 Å². The lowest BCUT2D eigenvalue weighted by molar-refractivity contribution is -0.125. The molecule has 0 radical (unpaired) electrons. The minimum atomic E-state index is -0.904. The van der Waals surface area contributed by atoms with Gasteiger partial charge in [0.15, 0.2) is 11.9 Å². The summed E-state index contributed by atoms with van der Waals surface area (Å²) in [5, 5.41) is 9.39. The molecule has 1 aliphatic rings. The number of aromatic amines is 1. The highest BCUT2D eigenvalue weighted by Crippen LogP contribution is 2.21. The molecule has 26 heavy (non-hydrogen) atoms. The predicted octanol–water partition coefficient (Wildman–Crippen LogP) is 2.50. The number of amides is 1. The van der Waals surface area contributed by atoms with E-state index in [1.54, 1.807) is 12.1 Å². The van der Waals surface area contributed by atoms with Crippen LogP contribution in [0.3, 0.4) is 0 Å². The number of carbonyl (C=O) groups excluding carboxylic acids is 2. The number of hydrogen-bond acceptors (Lipinski definition) is 5. The lowest BCUT2D eigenvalue weighted by Crippen LogP contribution is -2.38. The summed E-state index contributed by atoms with van der Waals surface area (Å²) in [5.74, 6) is -0.267. The molecule has 130 valence electrons. The maximum absolute atomic E-state index is 12.4. The van der Waals surface area contributed by atoms with Gasteiger partial charge in [-0.05, 0) is 18.6 Å². The fraction of sp³-hybridized carbons (Fsp3) is 0.158. The molecule has 0 bridgehead atoms. The Morgan fingerprint density at radius 3 is 2.77 bits per heavy atom. The number of ether oxygens (including phenoxy) is 1. The molecule has 0 fully saturated rings. The van der Waals surface area contributed by atoms with Gasteiger partial charge < -0.3 is 4.74 Å². The Bertz CT molecular complexity index is 978. The normalized spacial score (nSPS) is 15.9. The van der Waals surface area contributed by atoms with Crippen molar-refractivity contribution < 1.29 is 14.3 Å². The molecular weight excluding hydrogens is 332 g/mol. The number of aryl methyl sites for hydroxylation is 1. The van der Waals surface area contributed by atoms with Crippen molar-refractivity contribution in [1.29, 1.82) is 0 Å². The van der Waals surface area contributed by atoms with Crippen LogP contribution in [0.4, 0.5) is 5.95 Å². The van der Waals surface area contributed by atoms with Gasteiger partial charge in [0.25, 0.3) is 5.91 Å². The minimum Gasteiger partial charge on any atom is -0.448 e. The zero-order valence-corrected chi connectivity index (χ0v) is 14.0. The van der Waals surface area contributed by atoms with Crippen LogP contribution in [-0.2, 0) is 16.0 Å². The van der Waals surface area contributed by atoms with Crippen LogP contribution in [0.2, 0.25) is 0 Å². The number of benzene rings is 2. The van der Waals surface area contributed by atoms with Crippen molar-refractivity contribution in [2.75, 3.05) is 5.32 Å². The highest BCUT2D eigenvalue weighted by Gasteiger charge is 2.31. The summed E-state index contributed by atoms with van der Waals surface area (Å²) in [4.78, 5) is 28.7. The first-order chi connectivity index (χ1) is 12.6. The van der Waals surface area contributed by atoms with Gasteiger partial charge in [0, 0.05) is 12.0 Å². The number of nitrogens with zero attached hydrogens (tertiary/aromatic N) is 2. The number of H-pyrrole nitrogens is 1. The van der Waals surface area contributed by atoms with Crippen LogP contribution in [0.5, 0.6) is 0 Å². The number of aromatic nitrogens is 3. The molecule has 0 aliphatic carbocycles. The Morgan fingerprint density at radius 1 is 1.19 bits per heavy atom. The Hall–Kier alpha value is -3.48. The van der Waals surface area contributed by atoms with Crippen molar-refractivity contribution in [3.05, 3.63) is 65.2 Å². The topological polar surface area (TPSA) is 97.0 Å². The van der Waals surface area contributed by atoms with Crippen LogP contribution < -0.4 is 5.32 Å². The molecular formula is C19H16N4O3. The third-order valence-corrected chi connectivity index (χ3v) is 4.23. The fourth-order valence-electron chi connectivity index (χ4n) is 2.83. The second kappa shape index (κ2) is 6.44. The summed E-state index contributed by atoms with van der Waals surface area (Å²) in [7, 11) is 0. The molecule has 7 nitrogen and oxygen atoms in total. The molecule has 2 heterocycles. The maximum Gasteiger partial charge on any atom is 0.339 e. The quantitative estimate of drug-likeness (QED) is 0.709. The molecule has 2 N–H and O–H groups in total. The largest absolute Gasteiger partial charge is 0.448 e. The molecule has 0 spiro atoms. The van der Waals surface area contributed by atoms with Crippen LogP contribution in [0.25, 0.3) is 11.4 Å². The molecule has 1 atom stereocenters. The van der Waals surface area contributed by atoms with E-state index in [1.165, 1.54) is 0 Å². The van der Waals surface area contributed by atoms with Gasteiger partial charge in [-0.2, -0.15) is 4.98 Å². The summed E-state index contributed by atoms with van der Waals surface area (Å²) >= 11 is 0. The third kappa shape index (κ3) is 3.06. The molecule has 0 saturated heterocycles. The van der Waals surface area contributed by atoms with E-state index in [9.17, 15) is 9.59 Å². The molecule has 0 saturated carbocycles. The fourth-order valence-corrected chi connectivity index (χ4v) is 2.83. The smallest absolute Gasteiger partial charge is 0.339 e. The molecule has 7 heteroatoms. The van der Waals surface area contributed by atoms with Crippen LogP contribution >= 0.6 is 0 Å². The summed E-state index contributed by atoms with van der Waals surface area (Å²) < 4.78 is 5.23. The van der Waals surface area contributed by atoms with Gasteiger partial charge in [-0.3, -0.25) is 15.2 Å². The first kappa shape index (κ1) is 16.0. The first-order valence-corrected chi connectivity index (χ1v) is 8.19. The van der Waals surface area contributed by atoms with Crippen LogP contribution in [0, 0.1) is 6.92 Å². The lowest BCUT2D eigenvalue weighted by Gasteiger charge is -2.23. The minimum absolute atomic E-state index is 0.139. The summed E-state index contributed by atoms with van der Waals surface area (Å²) in [6.45, 7) is 2.00. The van der Waals surface area contributed by atoms with E-state index >= 15 is 0 Å². The van der Waals surface area contributed by atoms with Gasteiger partial charge >= 0.3 is 5.97 Å². The Kier molecular flexibility index (Phi) is 3.96. The second-order valence-electron chi connectivity index (χ2n) is 6.12. The average molecular weight is 348 g/mol. The molecule has 1 aliphatic heterocycles. The SMILES string of the molecule is Cc1ccc(-c2nc(NC(=O)C3Cc4ccccc4C(=O)O3)n[nH]2)cc1. The summed E-state index contributed by atoms with van der Waals surface area (Å²) in [5.41, 5.74) is 3.29. The molecule has 2 aromatic carbocycles. The summed E-state index contributed by atoms with van der Waals surface area (Å²) in [6.07, 6.45) is -0.582. The number of rotatable bonds is 3. The second-order valence-corrected chi connectivity index (χ2v) is 6.12. The number of nitrogens with one attached hydrogen (secondary N) is 2. The van der Waals surface area contributed by atoms with Gasteiger partial charge in [-0.15, -0.1) is 5.10 Å². The van der Waals surface area contributed by atoms with Crippen LogP contribution in [0.15, 0.2) is 48.5 Å². The Morgan fingerprint density at radius 2 is 1.96 bits per heavy atom. The van der Waals surface area contributed by atoms with E-state index in [-0.39, 0.29) is 5.95 Å². The van der Waals surface area contributed by atoms with Crippen molar-refractivity contribution >= 4 is 17.8 Å². The van der Waals surface area contributed by atoms with Gasteiger partial charge in [0.1, 0.15) is 0 Å². The monoisotopic (exact) mass is 348 g/mol. The van der Waals surface area contributed by atoms with Gasteiger partial charge in [0.05, 0.1) is 5.56 Å². The maximum atomic E-state index is 12.4. The van der Waals surface area contributed by atoms with Crippen LogP contribution in [-0.4, -0.2) is 33.2 Å². The van der Waals surface area contributed by atoms with Gasteiger partial charge in [-0.1, -0.05) is 48.0 Å². The van der Waals surface area contributed by atoms with Crippen molar-refractivity contribution in [2.45, 2.75) is 19.4 Å². The highest BCUT2D eigenvalue weighted by atomic mass is 16.5. The summed E-state index contributed by atoms with van der Waals surface area (Å²) in [6, 6.07) is 14.9. The molecule has 3 aromatic rings. The number of cyclic esters (lactones) is 1. The number of fused-ring (bicyclic) bond motifs is 1. The number of anilines is 1. The van der Waals surface area contributed by atoms with Crippen LogP contribution in [0.1, 0.15) is 21.5 Å². The number of esters is 1. The first-order valence-electron chi connectivity index (χ1n) is 8.19. The Balaban J connectivity index is 1.47. The molecule has 4 rings (SSSR count). The molecule has 1 amide bonds. The number of carbonyl (C=O) groups is 2. The van der Waals surface area contributed by atoms with E-state index in [0.717, 1.165) is 16.7 Å². The Labute approximate surface area is 149 Å². The lowest BCUT2D eigenvalue weighted by atomic mass is 9.98. The van der Waals surface area contributed by atoms with Gasteiger partial charge in [-0.25, -0.2) is 4.79 Å².